The molecule has 0 heterocycles. The summed E-state index contributed by atoms with van der Waals surface area (Å²) in [5.74, 6) is -3.98. The lowest BCUT2D eigenvalue weighted by atomic mass is 10.2. The Hall–Kier alpha value is -1.96. The second kappa shape index (κ2) is 7.54. The monoisotopic (exact) mass is 334 g/mol. The maximum Gasteiger partial charge on any atom is 0.407 e. The molecule has 0 aliphatic carbocycles. The lowest BCUT2D eigenvalue weighted by molar-refractivity contribution is -0.00379. The van der Waals surface area contributed by atoms with Crippen molar-refractivity contribution in [3.8, 4) is 5.75 Å². The summed E-state index contributed by atoms with van der Waals surface area (Å²) in [5.41, 5.74) is -0.604. The van der Waals surface area contributed by atoms with Crippen LogP contribution in [0.3, 0.4) is 0 Å². The molecule has 0 saturated heterocycles. The van der Waals surface area contributed by atoms with E-state index in [-0.39, 0.29) is 17.9 Å². The summed E-state index contributed by atoms with van der Waals surface area (Å²) in [6.45, 7) is 3.08. The summed E-state index contributed by atoms with van der Waals surface area (Å²) < 4.78 is 45.1. The largest absolute Gasteiger partial charge is 0.508 e. The second-order valence-electron chi connectivity index (χ2n) is 6.09. The number of alkyl carbamates (subject to hydrolysis) is 1. The van der Waals surface area contributed by atoms with E-state index in [4.69, 9.17) is 4.74 Å². The van der Waals surface area contributed by atoms with Crippen LogP contribution in [0.1, 0.15) is 26.3 Å². The third-order valence-corrected chi connectivity index (χ3v) is 2.63. The number of alkyl halides is 2. The molecule has 1 aromatic rings. The van der Waals surface area contributed by atoms with Crippen LogP contribution < -0.4 is 10.6 Å². The minimum atomic E-state index is -3.22. The summed E-state index contributed by atoms with van der Waals surface area (Å²) in [7, 11) is 0. The van der Waals surface area contributed by atoms with Gasteiger partial charge in [-0.3, -0.25) is 0 Å². The first-order chi connectivity index (χ1) is 10.5. The number of benzene rings is 1. The number of aromatic hydroxyl groups is 1. The Morgan fingerprint density at radius 1 is 1.26 bits per heavy atom. The molecule has 0 aliphatic heterocycles. The Kier molecular flexibility index (Phi) is 6.26. The SMILES string of the molecule is CC(C)(C)OC(=O)NCC(F)(F)CNCc1cc(F)ccc1O. The molecule has 3 N–H and O–H groups in total. The van der Waals surface area contributed by atoms with Gasteiger partial charge in [0.1, 0.15) is 17.2 Å². The zero-order chi connectivity index (χ0) is 17.7. The van der Waals surface area contributed by atoms with Crippen LogP contribution >= 0.6 is 0 Å². The Morgan fingerprint density at radius 2 is 1.91 bits per heavy atom. The van der Waals surface area contributed by atoms with E-state index in [0.717, 1.165) is 18.2 Å². The smallest absolute Gasteiger partial charge is 0.407 e. The molecule has 0 saturated carbocycles. The van der Waals surface area contributed by atoms with Crippen LogP contribution in [0.15, 0.2) is 18.2 Å². The molecule has 0 unspecified atom stereocenters. The summed E-state index contributed by atoms with van der Waals surface area (Å²) >= 11 is 0. The highest BCUT2D eigenvalue weighted by atomic mass is 19.3. The molecule has 0 fully saturated rings. The number of nitrogens with one attached hydrogen (secondary N) is 2. The van der Waals surface area contributed by atoms with Crippen LogP contribution in [0.25, 0.3) is 0 Å². The number of hydrogen-bond acceptors (Lipinski definition) is 4. The number of ether oxygens (including phenoxy) is 1. The standard InChI is InChI=1S/C15H21F3N2O3/c1-14(2,3)23-13(22)20-9-15(17,18)8-19-7-10-6-11(16)4-5-12(10)21/h4-6,19,21H,7-9H2,1-3H3,(H,20,22). The number of halogens is 3. The number of phenols is 1. The predicted octanol–water partition coefficient (Wildman–Crippen LogP) is 2.78. The van der Waals surface area contributed by atoms with Crippen molar-refractivity contribution < 1.29 is 27.8 Å². The third-order valence-electron chi connectivity index (χ3n) is 2.63. The van der Waals surface area contributed by atoms with Crippen molar-refractivity contribution in [3.05, 3.63) is 29.6 Å². The van der Waals surface area contributed by atoms with E-state index in [9.17, 15) is 23.1 Å². The van der Waals surface area contributed by atoms with Crippen molar-refractivity contribution >= 4 is 6.09 Å². The lowest BCUT2D eigenvalue weighted by Crippen LogP contribution is -2.44. The first-order valence-electron chi connectivity index (χ1n) is 7.01. The van der Waals surface area contributed by atoms with Gasteiger partial charge in [-0.2, -0.15) is 0 Å². The van der Waals surface area contributed by atoms with Gasteiger partial charge < -0.3 is 20.5 Å². The molecule has 0 bridgehead atoms. The molecule has 1 amide bonds. The molecule has 8 heteroatoms. The molecule has 1 rings (SSSR count). The first kappa shape index (κ1) is 19.1. The van der Waals surface area contributed by atoms with E-state index in [1.807, 2.05) is 5.32 Å². The summed E-state index contributed by atoms with van der Waals surface area (Å²) in [5, 5.41) is 13.9. The van der Waals surface area contributed by atoms with Gasteiger partial charge in [0, 0.05) is 12.1 Å². The minimum Gasteiger partial charge on any atom is -0.508 e. The van der Waals surface area contributed by atoms with Gasteiger partial charge in [-0.05, 0) is 39.0 Å². The quantitative estimate of drug-likeness (QED) is 0.748. The number of amides is 1. The van der Waals surface area contributed by atoms with Crippen molar-refractivity contribution in [1.29, 1.82) is 0 Å². The molecule has 0 atom stereocenters. The fraction of sp³-hybridized carbons (Fsp3) is 0.533. The first-order valence-corrected chi connectivity index (χ1v) is 7.01. The normalized spacial score (nSPS) is 12.1. The Labute approximate surface area is 132 Å². The van der Waals surface area contributed by atoms with Gasteiger partial charge >= 0.3 is 6.09 Å². The molecule has 130 valence electrons. The van der Waals surface area contributed by atoms with Crippen molar-refractivity contribution in [2.45, 2.75) is 38.8 Å². The van der Waals surface area contributed by atoms with Gasteiger partial charge in [0.05, 0.1) is 13.1 Å². The summed E-state index contributed by atoms with van der Waals surface area (Å²) in [6, 6.07) is 3.27. The Morgan fingerprint density at radius 3 is 2.52 bits per heavy atom. The Bertz CT molecular complexity index is 545. The highest BCUT2D eigenvalue weighted by Crippen LogP contribution is 2.18. The van der Waals surface area contributed by atoms with Crippen LogP contribution in [0.5, 0.6) is 5.75 Å². The van der Waals surface area contributed by atoms with E-state index in [2.05, 4.69) is 5.32 Å². The van der Waals surface area contributed by atoms with Gasteiger partial charge in [0.2, 0.25) is 0 Å². The second-order valence-corrected chi connectivity index (χ2v) is 6.09. The highest BCUT2D eigenvalue weighted by Gasteiger charge is 2.30. The van der Waals surface area contributed by atoms with Crippen molar-refractivity contribution in [3.63, 3.8) is 0 Å². The molecule has 0 radical (unpaired) electrons. The number of carbonyl (C=O) groups excluding carboxylic acids is 1. The molecule has 0 aromatic heterocycles. The average molecular weight is 334 g/mol. The number of hydrogen-bond donors (Lipinski definition) is 3. The van der Waals surface area contributed by atoms with Crippen LogP contribution in [0, 0.1) is 5.82 Å². The van der Waals surface area contributed by atoms with Crippen LogP contribution in [-0.4, -0.2) is 35.8 Å². The van der Waals surface area contributed by atoms with Crippen molar-refractivity contribution in [1.82, 2.24) is 10.6 Å². The number of phenolic OH excluding ortho intramolecular Hbond substituents is 1. The number of carbonyl (C=O) groups is 1. The van der Waals surface area contributed by atoms with Crippen LogP contribution in [0.4, 0.5) is 18.0 Å². The van der Waals surface area contributed by atoms with Gasteiger partial charge in [-0.25, -0.2) is 18.0 Å². The van der Waals surface area contributed by atoms with Crippen LogP contribution in [-0.2, 0) is 11.3 Å². The lowest BCUT2D eigenvalue weighted by Gasteiger charge is -2.22. The van der Waals surface area contributed by atoms with E-state index < -0.39 is 36.5 Å². The molecule has 0 spiro atoms. The van der Waals surface area contributed by atoms with Gasteiger partial charge in [0.25, 0.3) is 5.92 Å². The van der Waals surface area contributed by atoms with E-state index in [0.29, 0.717) is 0 Å². The van der Waals surface area contributed by atoms with Gasteiger partial charge in [0.15, 0.2) is 0 Å². The zero-order valence-electron chi connectivity index (χ0n) is 13.3. The topological polar surface area (TPSA) is 70.6 Å². The maximum absolute atomic E-state index is 13.6. The third kappa shape index (κ3) is 7.73. The molecule has 23 heavy (non-hydrogen) atoms. The Balaban J connectivity index is 2.40. The van der Waals surface area contributed by atoms with Gasteiger partial charge in [-0.1, -0.05) is 0 Å². The van der Waals surface area contributed by atoms with Crippen LogP contribution in [0.2, 0.25) is 0 Å². The zero-order valence-corrected chi connectivity index (χ0v) is 13.3. The molecule has 5 nitrogen and oxygen atoms in total. The fourth-order valence-electron chi connectivity index (χ4n) is 1.65. The maximum atomic E-state index is 13.6. The average Bonchev–Trinajstić information content (AvgIpc) is 2.39. The minimum absolute atomic E-state index is 0.133. The summed E-state index contributed by atoms with van der Waals surface area (Å²) in [4.78, 5) is 11.3. The van der Waals surface area contributed by atoms with E-state index >= 15 is 0 Å². The fourth-order valence-corrected chi connectivity index (χ4v) is 1.65. The molecule has 1 aromatic carbocycles. The summed E-state index contributed by atoms with van der Waals surface area (Å²) in [6.07, 6.45) is -0.931. The van der Waals surface area contributed by atoms with E-state index in [1.165, 1.54) is 0 Å². The van der Waals surface area contributed by atoms with Gasteiger partial charge in [-0.15, -0.1) is 0 Å². The molecule has 0 aliphatic rings. The molecular formula is C15H21F3N2O3. The highest BCUT2D eigenvalue weighted by molar-refractivity contribution is 5.67. The molecular weight excluding hydrogens is 313 g/mol. The predicted molar refractivity (Wildman–Crippen MR) is 79.0 cm³/mol. The van der Waals surface area contributed by atoms with Crippen molar-refractivity contribution in [2.24, 2.45) is 0 Å². The number of rotatable bonds is 6. The van der Waals surface area contributed by atoms with Crippen molar-refractivity contribution in [2.75, 3.05) is 13.1 Å². The van der Waals surface area contributed by atoms with E-state index in [1.54, 1.807) is 20.8 Å².